The van der Waals surface area contributed by atoms with Crippen molar-refractivity contribution in [3.05, 3.63) is 21.9 Å². The van der Waals surface area contributed by atoms with Gasteiger partial charge in [0.2, 0.25) is 0 Å². The normalized spacial score (nSPS) is 24.4. The summed E-state index contributed by atoms with van der Waals surface area (Å²) in [5, 5.41) is 3.60. The molecule has 1 nitrogen and oxygen atoms in total. The monoisotopic (exact) mass is 271 g/mol. The van der Waals surface area contributed by atoms with Crippen LogP contribution in [0, 0.1) is 11.8 Å². The summed E-state index contributed by atoms with van der Waals surface area (Å²) in [5.74, 6) is 2.39. The molecule has 2 atom stereocenters. The predicted octanol–water partition coefficient (Wildman–Crippen LogP) is 4.06. The topological polar surface area (TPSA) is 12.0 Å². The van der Waals surface area contributed by atoms with Crippen molar-refractivity contribution in [3.63, 3.8) is 0 Å². The zero-order valence-corrected chi connectivity index (χ0v) is 12.1. The first kappa shape index (κ1) is 13.4. The van der Waals surface area contributed by atoms with Crippen LogP contribution in [-0.2, 0) is 13.0 Å². The highest BCUT2D eigenvalue weighted by atomic mass is 35.5. The first-order valence-corrected chi connectivity index (χ1v) is 8.02. The zero-order valence-electron chi connectivity index (χ0n) is 10.5. The highest BCUT2D eigenvalue weighted by Crippen LogP contribution is 2.32. The number of rotatable bonds is 6. The Morgan fingerprint density at radius 3 is 2.76 bits per heavy atom. The maximum atomic E-state index is 5.99. The van der Waals surface area contributed by atoms with Crippen LogP contribution in [-0.4, -0.2) is 12.4 Å². The van der Waals surface area contributed by atoms with Crippen LogP contribution in [0.1, 0.15) is 35.9 Å². The first-order valence-electron chi connectivity index (χ1n) is 6.67. The third kappa shape index (κ3) is 3.70. The van der Waals surface area contributed by atoms with Crippen molar-refractivity contribution in [1.82, 2.24) is 5.32 Å². The molecule has 0 radical (unpaired) electrons. The standard InChI is InChI=1S/C14H22ClNS/c1-2-13-6-7-14(17-13)10-16-9-12-5-3-4-11(12)8-15/h6-7,11-12,16H,2-5,8-10H2,1H3. The van der Waals surface area contributed by atoms with E-state index < -0.39 is 0 Å². The second kappa shape index (κ2) is 6.77. The van der Waals surface area contributed by atoms with Crippen LogP contribution in [0.2, 0.25) is 0 Å². The van der Waals surface area contributed by atoms with Crippen LogP contribution >= 0.6 is 22.9 Å². The van der Waals surface area contributed by atoms with Crippen molar-refractivity contribution in [2.75, 3.05) is 12.4 Å². The van der Waals surface area contributed by atoms with Gasteiger partial charge in [-0.05, 0) is 49.8 Å². The Morgan fingerprint density at radius 1 is 1.29 bits per heavy atom. The number of hydrogen-bond acceptors (Lipinski definition) is 2. The maximum absolute atomic E-state index is 5.99. The van der Waals surface area contributed by atoms with Gasteiger partial charge >= 0.3 is 0 Å². The van der Waals surface area contributed by atoms with Gasteiger partial charge in [-0.2, -0.15) is 0 Å². The van der Waals surface area contributed by atoms with E-state index in [2.05, 4.69) is 24.4 Å². The van der Waals surface area contributed by atoms with Crippen LogP contribution in [0.4, 0.5) is 0 Å². The third-order valence-corrected chi connectivity index (χ3v) is 5.41. The Kier molecular flexibility index (Phi) is 5.33. The molecule has 3 heteroatoms. The molecule has 0 aromatic carbocycles. The molecule has 2 unspecified atom stereocenters. The number of thiophene rings is 1. The molecule has 1 aromatic rings. The van der Waals surface area contributed by atoms with Gasteiger partial charge in [0.25, 0.3) is 0 Å². The summed E-state index contributed by atoms with van der Waals surface area (Å²) in [6, 6.07) is 4.50. The molecule has 1 aliphatic carbocycles. The molecule has 1 N–H and O–H groups in total. The van der Waals surface area contributed by atoms with Crippen LogP contribution in [0.5, 0.6) is 0 Å². The van der Waals surface area contributed by atoms with Gasteiger partial charge < -0.3 is 5.32 Å². The van der Waals surface area contributed by atoms with E-state index in [-0.39, 0.29) is 0 Å². The molecule has 0 bridgehead atoms. The Hall–Kier alpha value is -0.0500. The van der Waals surface area contributed by atoms with E-state index in [0.717, 1.165) is 37.2 Å². The summed E-state index contributed by atoms with van der Waals surface area (Å²) < 4.78 is 0. The summed E-state index contributed by atoms with van der Waals surface area (Å²) in [5.41, 5.74) is 0. The average Bonchev–Trinajstić information content (AvgIpc) is 2.97. The summed E-state index contributed by atoms with van der Waals surface area (Å²) >= 11 is 7.93. The lowest BCUT2D eigenvalue weighted by molar-refractivity contribution is 0.396. The second-order valence-corrected chi connectivity index (χ2v) is 6.52. The molecule has 0 aliphatic heterocycles. The average molecular weight is 272 g/mol. The van der Waals surface area contributed by atoms with Gasteiger partial charge in [-0.25, -0.2) is 0 Å². The van der Waals surface area contributed by atoms with E-state index in [1.54, 1.807) is 0 Å². The van der Waals surface area contributed by atoms with Crippen LogP contribution in [0.15, 0.2) is 12.1 Å². The zero-order chi connectivity index (χ0) is 12.1. The lowest BCUT2D eigenvalue weighted by atomic mass is 9.98. The van der Waals surface area contributed by atoms with Gasteiger partial charge in [-0.15, -0.1) is 22.9 Å². The van der Waals surface area contributed by atoms with Gasteiger partial charge in [0.15, 0.2) is 0 Å². The number of aryl methyl sites for hydroxylation is 1. The summed E-state index contributed by atoms with van der Waals surface area (Å²) in [4.78, 5) is 2.95. The summed E-state index contributed by atoms with van der Waals surface area (Å²) in [7, 11) is 0. The van der Waals surface area contributed by atoms with Gasteiger partial charge in [0.1, 0.15) is 0 Å². The Balaban J connectivity index is 1.72. The molecule has 96 valence electrons. The molecule has 0 amide bonds. The van der Waals surface area contributed by atoms with Crippen molar-refractivity contribution in [1.29, 1.82) is 0 Å². The van der Waals surface area contributed by atoms with E-state index in [9.17, 15) is 0 Å². The van der Waals surface area contributed by atoms with E-state index in [4.69, 9.17) is 11.6 Å². The van der Waals surface area contributed by atoms with E-state index in [1.807, 2.05) is 11.3 Å². The molecule has 1 aliphatic rings. The number of nitrogens with one attached hydrogen (secondary N) is 1. The van der Waals surface area contributed by atoms with Crippen molar-refractivity contribution in [2.45, 2.75) is 39.2 Å². The van der Waals surface area contributed by atoms with Crippen molar-refractivity contribution < 1.29 is 0 Å². The number of alkyl halides is 1. The van der Waals surface area contributed by atoms with Gasteiger partial charge in [-0.3, -0.25) is 0 Å². The van der Waals surface area contributed by atoms with Gasteiger partial charge in [0, 0.05) is 22.2 Å². The Morgan fingerprint density at radius 2 is 2.06 bits per heavy atom. The molecule has 1 aromatic heterocycles. The molecular weight excluding hydrogens is 250 g/mol. The Bertz CT molecular complexity index is 337. The van der Waals surface area contributed by atoms with Crippen molar-refractivity contribution in [2.24, 2.45) is 11.8 Å². The molecule has 17 heavy (non-hydrogen) atoms. The summed E-state index contributed by atoms with van der Waals surface area (Å²) in [6.45, 7) is 4.37. The molecule has 0 spiro atoms. The highest BCUT2D eigenvalue weighted by Gasteiger charge is 2.25. The van der Waals surface area contributed by atoms with E-state index >= 15 is 0 Å². The third-order valence-electron chi connectivity index (χ3n) is 3.79. The summed E-state index contributed by atoms with van der Waals surface area (Å²) in [6.07, 6.45) is 5.20. The quantitative estimate of drug-likeness (QED) is 0.770. The minimum absolute atomic E-state index is 0.749. The largest absolute Gasteiger partial charge is 0.312 e. The van der Waals surface area contributed by atoms with E-state index in [0.29, 0.717) is 0 Å². The van der Waals surface area contributed by atoms with Gasteiger partial charge in [0.05, 0.1) is 0 Å². The lowest BCUT2D eigenvalue weighted by Crippen LogP contribution is -2.25. The SMILES string of the molecule is CCc1ccc(CNCC2CCCC2CCl)s1. The molecule has 1 fully saturated rings. The van der Waals surface area contributed by atoms with Crippen LogP contribution < -0.4 is 5.32 Å². The minimum atomic E-state index is 0.749. The lowest BCUT2D eigenvalue weighted by Gasteiger charge is -2.17. The maximum Gasteiger partial charge on any atom is 0.0299 e. The Labute approximate surface area is 114 Å². The van der Waals surface area contributed by atoms with Crippen LogP contribution in [0.3, 0.4) is 0 Å². The van der Waals surface area contributed by atoms with E-state index in [1.165, 1.54) is 29.0 Å². The number of halogens is 1. The second-order valence-electron chi connectivity index (χ2n) is 4.96. The fourth-order valence-electron chi connectivity index (χ4n) is 2.67. The molecule has 1 heterocycles. The molecule has 0 saturated heterocycles. The fraction of sp³-hybridized carbons (Fsp3) is 0.714. The number of hydrogen-bond donors (Lipinski definition) is 1. The smallest absolute Gasteiger partial charge is 0.0299 e. The first-order chi connectivity index (χ1) is 8.33. The molecule has 2 rings (SSSR count). The molecule has 1 saturated carbocycles. The van der Waals surface area contributed by atoms with Gasteiger partial charge in [-0.1, -0.05) is 13.3 Å². The molecular formula is C14H22ClNS. The highest BCUT2D eigenvalue weighted by molar-refractivity contribution is 7.11. The van der Waals surface area contributed by atoms with Crippen LogP contribution in [0.25, 0.3) is 0 Å². The fourth-order valence-corrected chi connectivity index (χ4v) is 4.01. The van der Waals surface area contributed by atoms with Crippen molar-refractivity contribution in [3.8, 4) is 0 Å². The predicted molar refractivity (Wildman–Crippen MR) is 77.0 cm³/mol. The van der Waals surface area contributed by atoms with Crippen molar-refractivity contribution >= 4 is 22.9 Å². The minimum Gasteiger partial charge on any atom is -0.312 e.